The molecule has 190 valence electrons. The van der Waals surface area contributed by atoms with Gasteiger partial charge in [-0.1, -0.05) is 53.1 Å². The zero-order valence-corrected chi connectivity index (χ0v) is 21.8. The number of unbranched alkanes of at least 4 members (excludes halogenated alkanes) is 1. The first kappa shape index (κ1) is 28.8. The molecule has 7 atom stereocenters. The summed E-state index contributed by atoms with van der Waals surface area (Å²) in [4.78, 5) is 10.6. The molecule has 1 aliphatic carbocycles. The molecule has 1 fully saturated rings. The number of hydrogen-bond acceptors (Lipinski definition) is 3. The van der Waals surface area contributed by atoms with Crippen LogP contribution < -0.4 is 4.74 Å². The number of halogens is 3. The molecule has 2 rings (SSSR count). The van der Waals surface area contributed by atoms with E-state index in [0.29, 0.717) is 30.1 Å². The van der Waals surface area contributed by atoms with Crippen LogP contribution in [-0.4, -0.2) is 23.8 Å². The van der Waals surface area contributed by atoms with Gasteiger partial charge >= 0.3 is 12.1 Å². The first-order valence-corrected chi connectivity index (χ1v) is 14.3. The quantitative estimate of drug-likeness (QED) is 0.167. The lowest BCUT2D eigenvalue weighted by Gasteiger charge is -2.22. The van der Waals surface area contributed by atoms with Gasteiger partial charge in [0.05, 0.1) is 5.56 Å². The Morgan fingerprint density at radius 2 is 2.06 bits per heavy atom. The standard InChI is InChI=1S/C25H35F3O4P2/c1-17-14-18(2)23(22(17)10-5-3-4-6-11-24(29)30)13-12-21(32-34-33)16-31-20-9-7-8-19(15-20)25(26,27)28/h3,5,7-9,12-13,15,17-18,21-23,34H,4,6,10-11,14,16,33H2,1-2H3,(H,29,30)/b5-3-,13-12+/t17-,18+,21+,22-,23-/m0/s1. The van der Waals surface area contributed by atoms with Crippen LogP contribution in [0.4, 0.5) is 13.2 Å². The number of ether oxygens (including phenoxy) is 1. The molecular weight excluding hydrogens is 483 g/mol. The minimum absolute atomic E-state index is 0.129. The maximum atomic E-state index is 12.9. The van der Waals surface area contributed by atoms with Crippen molar-refractivity contribution >= 4 is 23.4 Å². The molecule has 1 saturated carbocycles. The summed E-state index contributed by atoms with van der Waals surface area (Å²) in [6.07, 6.45) is 7.29. The summed E-state index contributed by atoms with van der Waals surface area (Å²) < 4.78 is 50.2. The van der Waals surface area contributed by atoms with Gasteiger partial charge in [-0.25, -0.2) is 0 Å². The smallest absolute Gasteiger partial charge is 0.416 e. The van der Waals surface area contributed by atoms with Crippen molar-refractivity contribution in [2.75, 3.05) is 6.61 Å². The topological polar surface area (TPSA) is 55.8 Å². The first-order valence-electron chi connectivity index (χ1n) is 11.6. The lowest BCUT2D eigenvalue weighted by Crippen LogP contribution is -2.18. The van der Waals surface area contributed by atoms with E-state index in [-0.39, 0.29) is 33.4 Å². The van der Waals surface area contributed by atoms with Crippen molar-refractivity contribution in [1.29, 1.82) is 0 Å². The molecule has 0 aromatic heterocycles. The predicted octanol–water partition coefficient (Wildman–Crippen LogP) is 7.52. The number of aliphatic carboxylic acids is 1. The van der Waals surface area contributed by atoms with Crippen LogP contribution in [-0.2, 0) is 15.5 Å². The summed E-state index contributed by atoms with van der Waals surface area (Å²) in [5, 5.41) is 8.73. The summed E-state index contributed by atoms with van der Waals surface area (Å²) in [6.45, 7) is 4.64. The van der Waals surface area contributed by atoms with E-state index in [1.54, 1.807) is 0 Å². The third-order valence-electron chi connectivity index (χ3n) is 6.31. The molecule has 2 unspecified atom stereocenters. The Morgan fingerprint density at radius 3 is 2.74 bits per heavy atom. The highest BCUT2D eigenvalue weighted by Gasteiger charge is 2.36. The largest absolute Gasteiger partial charge is 0.491 e. The van der Waals surface area contributed by atoms with Crippen molar-refractivity contribution < 1.29 is 32.3 Å². The van der Waals surface area contributed by atoms with E-state index in [1.165, 1.54) is 12.1 Å². The van der Waals surface area contributed by atoms with Crippen molar-refractivity contribution in [2.24, 2.45) is 23.7 Å². The monoisotopic (exact) mass is 518 g/mol. The molecule has 9 heteroatoms. The van der Waals surface area contributed by atoms with E-state index >= 15 is 0 Å². The van der Waals surface area contributed by atoms with Gasteiger partial charge in [0.1, 0.15) is 18.5 Å². The van der Waals surface area contributed by atoms with Crippen molar-refractivity contribution in [2.45, 2.75) is 58.2 Å². The predicted molar refractivity (Wildman–Crippen MR) is 134 cm³/mol. The molecule has 34 heavy (non-hydrogen) atoms. The van der Waals surface area contributed by atoms with E-state index in [2.05, 4.69) is 41.0 Å². The number of benzene rings is 1. The molecule has 4 nitrogen and oxygen atoms in total. The normalized spacial score (nSPS) is 24.5. The minimum Gasteiger partial charge on any atom is -0.491 e. The van der Waals surface area contributed by atoms with Crippen LogP contribution >= 0.6 is 17.4 Å². The lowest BCUT2D eigenvalue weighted by atomic mass is 9.84. The van der Waals surface area contributed by atoms with Crippen LogP contribution in [0.3, 0.4) is 0 Å². The van der Waals surface area contributed by atoms with Gasteiger partial charge in [-0.15, -0.1) is 0 Å². The molecule has 1 N–H and O–H groups in total. The fourth-order valence-electron chi connectivity index (χ4n) is 4.59. The summed E-state index contributed by atoms with van der Waals surface area (Å²) in [6, 6.07) is 4.87. The number of hydrogen-bond donors (Lipinski definition) is 1. The van der Waals surface area contributed by atoms with Gasteiger partial charge in [-0.05, 0) is 67.6 Å². The average Bonchev–Trinajstić information content (AvgIpc) is 3.04. The molecule has 0 heterocycles. The summed E-state index contributed by atoms with van der Waals surface area (Å²) in [5.41, 5.74) is -0.737. The van der Waals surface area contributed by atoms with Gasteiger partial charge in [-0.3, -0.25) is 4.79 Å². The zero-order chi connectivity index (χ0) is 25.1. The second-order valence-corrected chi connectivity index (χ2v) is 10.1. The molecule has 0 aliphatic heterocycles. The molecule has 0 spiro atoms. The second-order valence-electron chi connectivity index (χ2n) is 8.92. The Labute approximate surface area is 204 Å². The van der Waals surface area contributed by atoms with Crippen LogP contribution in [0.2, 0.25) is 0 Å². The van der Waals surface area contributed by atoms with Gasteiger partial charge < -0.3 is 14.4 Å². The zero-order valence-electron chi connectivity index (χ0n) is 19.6. The highest BCUT2D eigenvalue weighted by atomic mass is 32.0. The van der Waals surface area contributed by atoms with Crippen molar-refractivity contribution in [3.8, 4) is 5.75 Å². The molecule has 0 saturated heterocycles. The van der Waals surface area contributed by atoms with Gasteiger partial charge in [-0.2, -0.15) is 13.2 Å². The molecule has 1 aromatic carbocycles. The van der Waals surface area contributed by atoms with Gasteiger partial charge in [0.25, 0.3) is 0 Å². The SMILES string of the molecule is C[C@@H]1C[C@H](C)[C@H](C/C=C\CCCC(=O)O)[C@H]1/C=C/[C@H](COc1cccc(C(F)(F)F)c1)OPP. The second kappa shape index (κ2) is 14.2. The third kappa shape index (κ3) is 9.68. The molecular formula is C25H35F3O4P2. The number of rotatable bonds is 13. The number of carboxylic acid groups (broad SMARTS) is 1. The maximum absolute atomic E-state index is 12.9. The van der Waals surface area contributed by atoms with Crippen molar-refractivity contribution in [1.82, 2.24) is 0 Å². The molecule has 0 amide bonds. The van der Waals surface area contributed by atoms with E-state index in [1.807, 2.05) is 6.08 Å². The average molecular weight is 518 g/mol. The van der Waals surface area contributed by atoms with Gasteiger partial charge in [0.15, 0.2) is 0 Å². The summed E-state index contributed by atoms with van der Waals surface area (Å²) >= 11 is 0. The Morgan fingerprint density at radius 1 is 1.29 bits per heavy atom. The lowest BCUT2D eigenvalue weighted by molar-refractivity contribution is -0.138. The number of alkyl halides is 3. The van der Waals surface area contributed by atoms with Crippen LogP contribution in [0.15, 0.2) is 48.6 Å². The van der Waals surface area contributed by atoms with Crippen LogP contribution in [0.25, 0.3) is 0 Å². The Balaban J connectivity index is 1.97. The fraction of sp³-hybridized carbons (Fsp3) is 0.560. The van der Waals surface area contributed by atoms with Crippen LogP contribution in [0, 0.1) is 23.7 Å². The maximum Gasteiger partial charge on any atom is 0.416 e. The molecule has 1 aromatic rings. The fourth-order valence-corrected chi connectivity index (χ4v) is 5.44. The van der Waals surface area contributed by atoms with Crippen LogP contribution in [0.5, 0.6) is 5.75 Å². The minimum atomic E-state index is -4.41. The van der Waals surface area contributed by atoms with Gasteiger partial charge in [0, 0.05) is 14.9 Å². The van der Waals surface area contributed by atoms with E-state index < -0.39 is 17.7 Å². The first-order chi connectivity index (χ1) is 16.1. The summed E-state index contributed by atoms with van der Waals surface area (Å²) in [5.74, 6) is 1.32. The molecule has 1 aliphatic rings. The molecule has 0 radical (unpaired) electrons. The Hall–Kier alpha value is -1.42. The number of carboxylic acids is 1. The van der Waals surface area contributed by atoms with Crippen LogP contribution in [0.1, 0.15) is 51.5 Å². The van der Waals surface area contributed by atoms with Gasteiger partial charge in [0.2, 0.25) is 0 Å². The summed E-state index contributed by atoms with van der Waals surface area (Å²) in [7, 11) is 2.67. The van der Waals surface area contributed by atoms with Crippen molar-refractivity contribution in [3.63, 3.8) is 0 Å². The van der Waals surface area contributed by atoms with Crippen molar-refractivity contribution in [3.05, 3.63) is 54.1 Å². The third-order valence-corrected chi connectivity index (χ3v) is 7.15. The Bertz CT molecular complexity index is 829. The highest BCUT2D eigenvalue weighted by molar-refractivity contribution is 8.00. The van der Waals surface area contributed by atoms with E-state index in [9.17, 15) is 18.0 Å². The highest BCUT2D eigenvalue weighted by Crippen LogP contribution is 2.44. The van der Waals surface area contributed by atoms with E-state index in [4.69, 9.17) is 14.4 Å². The van der Waals surface area contributed by atoms with E-state index in [0.717, 1.165) is 31.4 Å². The number of carbonyl (C=O) groups is 1. The molecule has 0 bridgehead atoms. The Kier molecular flexibility index (Phi) is 12.0. The number of allylic oxidation sites excluding steroid dienone is 3.